The van der Waals surface area contributed by atoms with Crippen LogP contribution >= 0.6 is 11.6 Å². The van der Waals surface area contributed by atoms with Crippen molar-refractivity contribution in [2.45, 2.75) is 0 Å². The Bertz CT molecular complexity index is 493. The van der Waals surface area contributed by atoms with E-state index in [1.54, 1.807) is 0 Å². The van der Waals surface area contributed by atoms with Crippen LogP contribution in [0.25, 0.3) is 5.69 Å². The number of benzene rings is 1. The van der Waals surface area contributed by atoms with Gasteiger partial charge in [0, 0.05) is 5.69 Å². The fourth-order valence-electron chi connectivity index (χ4n) is 1.37. The van der Waals surface area contributed by atoms with Gasteiger partial charge in [0.2, 0.25) is 5.95 Å². The van der Waals surface area contributed by atoms with Crippen LogP contribution in [-0.2, 0) is 0 Å². The van der Waals surface area contributed by atoms with Crippen LogP contribution < -0.4 is 5.73 Å². The number of para-hydroxylation sites is 1. The molecule has 0 aliphatic heterocycles. The SMILES string of the molecule is Nc1nc(Cl)c(C=O)n1-c1ccccc1. The fraction of sp³-hybridized carbons (Fsp3) is 0. The molecule has 0 saturated heterocycles. The summed E-state index contributed by atoms with van der Waals surface area (Å²) in [6, 6.07) is 9.20. The third kappa shape index (κ3) is 1.59. The Balaban J connectivity index is 2.67. The average molecular weight is 222 g/mol. The number of carbonyl (C=O) groups excluding carboxylic acids is 1. The number of hydrogen-bond acceptors (Lipinski definition) is 3. The van der Waals surface area contributed by atoms with E-state index >= 15 is 0 Å². The van der Waals surface area contributed by atoms with E-state index in [-0.39, 0.29) is 16.8 Å². The summed E-state index contributed by atoms with van der Waals surface area (Å²) < 4.78 is 1.51. The minimum atomic E-state index is 0.117. The molecular formula is C10H8ClN3O. The van der Waals surface area contributed by atoms with E-state index in [1.165, 1.54) is 4.57 Å². The Morgan fingerprint density at radius 3 is 2.60 bits per heavy atom. The minimum absolute atomic E-state index is 0.117. The highest BCUT2D eigenvalue weighted by Gasteiger charge is 2.13. The third-order valence-electron chi connectivity index (χ3n) is 2.02. The first-order valence-corrected chi connectivity index (χ1v) is 4.66. The van der Waals surface area contributed by atoms with Crippen molar-refractivity contribution in [1.82, 2.24) is 9.55 Å². The predicted octanol–water partition coefficient (Wildman–Crippen LogP) is 1.92. The molecule has 1 heterocycles. The monoisotopic (exact) mass is 221 g/mol. The molecule has 4 nitrogen and oxygen atoms in total. The molecule has 0 unspecified atom stereocenters. The van der Waals surface area contributed by atoms with Gasteiger partial charge >= 0.3 is 0 Å². The number of anilines is 1. The van der Waals surface area contributed by atoms with Crippen LogP contribution in [-0.4, -0.2) is 15.8 Å². The van der Waals surface area contributed by atoms with Crippen LogP contribution in [0.4, 0.5) is 5.95 Å². The zero-order valence-corrected chi connectivity index (χ0v) is 8.48. The molecule has 0 spiro atoms. The molecule has 0 atom stereocenters. The van der Waals surface area contributed by atoms with E-state index in [0.29, 0.717) is 6.29 Å². The molecule has 1 aromatic carbocycles. The maximum absolute atomic E-state index is 10.8. The van der Waals surface area contributed by atoms with Crippen molar-refractivity contribution in [3.05, 3.63) is 41.2 Å². The van der Waals surface area contributed by atoms with E-state index in [0.717, 1.165) is 5.69 Å². The largest absolute Gasteiger partial charge is 0.369 e. The van der Waals surface area contributed by atoms with Crippen LogP contribution in [0.5, 0.6) is 0 Å². The summed E-state index contributed by atoms with van der Waals surface area (Å²) >= 11 is 5.76. The summed E-state index contributed by atoms with van der Waals surface area (Å²) in [6.45, 7) is 0. The van der Waals surface area contributed by atoms with E-state index in [9.17, 15) is 4.79 Å². The lowest BCUT2D eigenvalue weighted by Crippen LogP contribution is -2.03. The predicted molar refractivity (Wildman–Crippen MR) is 58.4 cm³/mol. The lowest BCUT2D eigenvalue weighted by molar-refractivity contribution is 0.111. The molecule has 1 aromatic heterocycles. The molecule has 2 aromatic rings. The highest BCUT2D eigenvalue weighted by atomic mass is 35.5. The standard InChI is InChI=1S/C10H8ClN3O/c11-9-8(6-15)14(10(12)13-9)7-4-2-1-3-5-7/h1-6H,(H2,12,13). The summed E-state index contributed by atoms with van der Waals surface area (Å²) in [4.78, 5) is 14.7. The molecule has 0 bridgehead atoms. The molecule has 0 radical (unpaired) electrons. The van der Waals surface area contributed by atoms with Gasteiger partial charge in [0.15, 0.2) is 11.4 Å². The van der Waals surface area contributed by atoms with Gasteiger partial charge < -0.3 is 5.73 Å². The van der Waals surface area contributed by atoms with Crippen molar-refractivity contribution in [3.63, 3.8) is 0 Å². The minimum Gasteiger partial charge on any atom is -0.369 e. The molecule has 2 rings (SSSR count). The molecule has 0 saturated carbocycles. The Morgan fingerprint density at radius 1 is 1.33 bits per heavy atom. The van der Waals surface area contributed by atoms with Crippen LogP contribution in [0, 0.1) is 0 Å². The number of nitrogens with zero attached hydrogens (tertiary/aromatic N) is 2. The van der Waals surface area contributed by atoms with Crippen LogP contribution in [0.2, 0.25) is 5.15 Å². The van der Waals surface area contributed by atoms with Crippen LogP contribution in [0.3, 0.4) is 0 Å². The summed E-state index contributed by atoms with van der Waals surface area (Å²) in [5, 5.41) is 0.117. The Kier molecular flexibility index (Phi) is 2.43. The number of imidazole rings is 1. The molecule has 2 N–H and O–H groups in total. The van der Waals surface area contributed by atoms with E-state index < -0.39 is 0 Å². The van der Waals surface area contributed by atoms with Gasteiger partial charge in [-0.1, -0.05) is 29.8 Å². The highest BCUT2D eigenvalue weighted by Crippen LogP contribution is 2.21. The number of hydrogen-bond donors (Lipinski definition) is 1. The highest BCUT2D eigenvalue weighted by molar-refractivity contribution is 6.31. The zero-order chi connectivity index (χ0) is 10.8. The van der Waals surface area contributed by atoms with Crippen molar-refractivity contribution in [3.8, 4) is 5.69 Å². The fourth-order valence-corrected chi connectivity index (χ4v) is 1.59. The van der Waals surface area contributed by atoms with Crippen molar-refractivity contribution >= 4 is 23.8 Å². The van der Waals surface area contributed by atoms with Crippen molar-refractivity contribution < 1.29 is 4.79 Å². The number of aldehydes is 1. The summed E-state index contributed by atoms with van der Waals surface area (Å²) in [6.07, 6.45) is 0.638. The lowest BCUT2D eigenvalue weighted by Gasteiger charge is -2.05. The molecular weight excluding hydrogens is 214 g/mol. The van der Waals surface area contributed by atoms with Crippen LogP contribution in [0.1, 0.15) is 10.5 Å². The van der Waals surface area contributed by atoms with Gasteiger partial charge in [0.05, 0.1) is 0 Å². The normalized spacial score (nSPS) is 10.2. The first kappa shape index (κ1) is 9.73. The summed E-state index contributed by atoms with van der Waals surface area (Å²) in [7, 11) is 0. The van der Waals surface area contributed by atoms with Crippen molar-refractivity contribution in [2.75, 3.05) is 5.73 Å². The Morgan fingerprint density at radius 2 is 2.00 bits per heavy atom. The number of nitrogens with two attached hydrogens (primary N) is 1. The Labute approximate surface area is 91.3 Å². The third-order valence-corrected chi connectivity index (χ3v) is 2.30. The smallest absolute Gasteiger partial charge is 0.206 e. The van der Waals surface area contributed by atoms with E-state index in [1.807, 2.05) is 30.3 Å². The average Bonchev–Trinajstić information content (AvgIpc) is 2.54. The van der Waals surface area contributed by atoms with E-state index in [2.05, 4.69) is 4.98 Å². The van der Waals surface area contributed by atoms with Gasteiger partial charge in [-0.2, -0.15) is 0 Å². The first-order valence-electron chi connectivity index (χ1n) is 4.28. The van der Waals surface area contributed by atoms with Gasteiger partial charge in [0.1, 0.15) is 5.69 Å². The molecule has 5 heteroatoms. The van der Waals surface area contributed by atoms with Crippen LogP contribution in [0.15, 0.2) is 30.3 Å². The summed E-state index contributed by atoms with van der Waals surface area (Å²) in [5.41, 5.74) is 6.68. The summed E-state index contributed by atoms with van der Waals surface area (Å²) in [5.74, 6) is 0.202. The Hall–Kier alpha value is -1.81. The second-order valence-electron chi connectivity index (χ2n) is 2.93. The quantitative estimate of drug-likeness (QED) is 0.789. The van der Waals surface area contributed by atoms with Crippen molar-refractivity contribution in [1.29, 1.82) is 0 Å². The molecule has 0 aliphatic rings. The zero-order valence-electron chi connectivity index (χ0n) is 7.72. The molecule has 15 heavy (non-hydrogen) atoms. The number of carbonyl (C=O) groups is 1. The molecule has 76 valence electrons. The van der Waals surface area contributed by atoms with Gasteiger partial charge in [-0.05, 0) is 12.1 Å². The number of halogens is 1. The van der Waals surface area contributed by atoms with E-state index in [4.69, 9.17) is 17.3 Å². The lowest BCUT2D eigenvalue weighted by atomic mass is 10.3. The topological polar surface area (TPSA) is 60.9 Å². The second-order valence-corrected chi connectivity index (χ2v) is 3.29. The second kappa shape index (κ2) is 3.74. The maximum atomic E-state index is 10.8. The number of aromatic nitrogens is 2. The first-order chi connectivity index (χ1) is 7.24. The van der Waals surface area contributed by atoms with Crippen molar-refractivity contribution in [2.24, 2.45) is 0 Å². The number of rotatable bonds is 2. The van der Waals surface area contributed by atoms with Gasteiger partial charge in [0.25, 0.3) is 0 Å². The van der Waals surface area contributed by atoms with Gasteiger partial charge in [-0.3, -0.25) is 9.36 Å². The van der Waals surface area contributed by atoms with Gasteiger partial charge in [-0.25, -0.2) is 4.98 Å². The number of nitrogen functional groups attached to an aromatic ring is 1. The molecule has 0 fully saturated rings. The van der Waals surface area contributed by atoms with Gasteiger partial charge in [-0.15, -0.1) is 0 Å². The maximum Gasteiger partial charge on any atom is 0.206 e. The molecule has 0 amide bonds. The molecule has 0 aliphatic carbocycles.